The van der Waals surface area contributed by atoms with Gasteiger partial charge in [0.15, 0.2) is 0 Å². The van der Waals surface area contributed by atoms with Gasteiger partial charge in [0, 0.05) is 38.0 Å². The van der Waals surface area contributed by atoms with Crippen LogP contribution < -0.4 is 0 Å². The molecule has 2 fully saturated rings. The van der Waals surface area contributed by atoms with E-state index in [2.05, 4.69) is 9.97 Å². The quantitative estimate of drug-likeness (QED) is 0.734. The third kappa shape index (κ3) is 4.17. The van der Waals surface area contributed by atoms with Gasteiger partial charge in [-0.3, -0.25) is 14.8 Å². The van der Waals surface area contributed by atoms with Crippen LogP contribution in [0.4, 0.5) is 0 Å². The summed E-state index contributed by atoms with van der Waals surface area (Å²) in [6.07, 6.45) is 4.55. The first kappa shape index (κ1) is 18.1. The first-order valence-electron chi connectivity index (χ1n) is 9.52. The molecule has 0 aromatic carbocycles. The maximum Gasteiger partial charge on any atom is 0.272 e. The van der Waals surface area contributed by atoms with Gasteiger partial charge in [-0.1, -0.05) is 6.07 Å². The van der Waals surface area contributed by atoms with Crippen LogP contribution in [0.1, 0.15) is 28.2 Å². The van der Waals surface area contributed by atoms with Crippen molar-refractivity contribution in [1.29, 1.82) is 0 Å². The number of hydrogen-bond donors (Lipinski definition) is 0. The van der Waals surface area contributed by atoms with Crippen LogP contribution in [-0.2, 0) is 16.1 Å². The van der Waals surface area contributed by atoms with Gasteiger partial charge in [-0.05, 0) is 49.1 Å². The summed E-state index contributed by atoms with van der Waals surface area (Å²) in [6.45, 7) is 5.34. The lowest BCUT2D eigenvalue weighted by atomic mass is 9.91. The van der Waals surface area contributed by atoms with Crippen molar-refractivity contribution in [1.82, 2.24) is 14.9 Å². The van der Waals surface area contributed by atoms with Crippen molar-refractivity contribution in [2.75, 3.05) is 26.3 Å². The number of ether oxygens (including phenoxy) is 2. The van der Waals surface area contributed by atoms with Crippen LogP contribution in [0.15, 0.2) is 42.7 Å². The van der Waals surface area contributed by atoms with Crippen LogP contribution in [-0.4, -0.2) is 53.2 Å². The molecule has 2 saturated heterocycles. The van der Waals surface area contributed by atoms with Crippen LogP contribution in [0.25, 0.3) is 0 Å². The van der Waals surface area contributed by atoms with Crippen LogP contribution in [0.3, 0.4) is 0 Å². The topological polar surface area (TPSA) is 64.6 Å². The number of carbonyl (C=O) groups is 1. The number of nitrogens with zero attached hydrogens (tertiary/aromatic N) is 3. The highest BCUT2D eigenvalue weighted by atomic mass is 16.5. The van der Waals surface area contributed by atoms with Gasteiger partial charge >= 0.3 is 0 Å². The van der Waals surface area contributed by atoms with Gasteiger partial charge in [0.2, 0.25) is 0 Å². The number of aryl methyl sites for hydroxylation is 1. The molecule has 6 nitrogen and oxygen atoms in total. The van der Waals surface area contributed by atoms with Crippen LogP contribution >= 0.6 is 0 Å². The van der Waals surface area contributed by atoms with Crippen molar-refractivity contribution in [3.05, 3.63) is 59.7 Å². The lowest BCUT2D eigenvalue weighted by Crippen LogP contribution is -2.32. The molecule has 0 unspecified atom stereocenters. The average molecular weight is 367 g/mol. The smallest absolute Gasteiger partial charge is 0.272 e. The van der Waals surface area contributed by atoms with Gasteiger partial charge in [0.1, 0.15) is 5.69 Å². The minimum absolute atomic E-state index is 0.00171. The molecule has 0 spiro atoms. The summed E-state index contributed by atoms with van der Waals surface area (Å²) in [5.41, 5.74) is 2.51. The summed E-state index contributed by atoms with van der Waals surface area (Å²) in [6, 6.07) is 9.58. The lowest BCUT2D eigenvalue weighted by molar-refractivity contribution is 0.0642. The van der Waals surface area contributed by atoms with E-state index >= 15 is 0 Å². The molecule has 2 aromatic heterocycles. The zero-order chi connectivity index (χ0) is 18.6. The molecule has 2 aromatic rings. The highest BCUT2D eigenvalue weighted by molar-refractivity contribution is 5.92. The van der Waals surface area contributed by atoms with E-state index in [0.29, 0.717) is 37.3 Å². The summed E-state index contributed by atoms with van der Waals surface area (Å²) >= 11 is 0. The number of amides is 1. The maximum absolute atomic E-state index is 12.7. The first-order valence-corrected chi connectivity index (χ1v) is 9.52. The molecule has 0 aliphatic carbocycles. The van der Waals surface area contributed by atoms with Crippen LogP contribution in [0.2, 0.25) is 0 Å². The third-order valence-corrected chi connectivity index (χ3v) is 5.47. The van der Waals surface area contributed by atoms with Crippen molar-refractivity contribution in [2.45, 2.75) is 26.1 Å². The molecule has 27 heavy (non-hydrogen) atoms. The number of aromatic nitrogens is 2. The average Bonchev–Trinajstić information content (AvgIpc) is 3.27. The highest BCUT2D eigenvalue weighted by Gasteiger charge is 2.45. The Hall–Kier alpha value is -2.31. The Morgan fingerprint density at radius 1 is 1.26 bits per heavy atom. The Bertz CT molecular complexity index is 783. The van der Waals surface area contributed by atoms with Gasteiger partial charge in [-0.15, -0.1) is 0 Å². The van der Waals surface area contributed by atoms with Gasteiger partial charge in [-0.25, -0.2) is 0 Å². The van der Waals surface area contributed by atoms with E-state index in [1.54, 1.807) is 12.4 Å². The molecule has 2 aliphatic rings. The van der Waals surface area contributed by atoms with E-state index in [-0.39, 0.29) is 12.0 Å². The second-order valence-electron chi connectivity index (χ2n) is 7.39. The fourth-order valence-corrected chi connectivity index (χ4v) is 3.97. The first-order chi connectivity index (χ1) is 13.2. The van der Waals surface area contributed by atoms with E-state index < -0.39 is 0 Å². The number of hydrogen-bond acceptors (Lipinski definition) is 5. The molecular weight excluding hydrogens is 342 g/mol. The van der Waals surface area contributed by atoms with Gasteiger partial charge in [0.05, 0.1) is 25.0 Å². The van der Waals surface area contributed by atoms with Gasteiger partial charge in [0.25, 0.3) is 5.91 Å². The molecule has 4 rings (SSSR count). The molecule has 0 N–H and O–H groups in total. The number of fused-ring (bicyclic) bond motifs is 1. The molecule has 4 heterocycles. The number of carbonyl (C=O) groups excluding carboxylic acids is 1. The minimum atomic E-state index is 0.00171. The summed E-state index contributed by atoms with van der Waals surface area (Å²) in [7, 11) is 0. The van der Waals surface area contributed by atoms with Crippen molar-refractivity contribution in [3.8, 4) is 0 Å². The van der Waals surface area contributed by atoms with Crippen molar-refractivity contribution >= 4 is 5.91 Å². The summed E-state index contributed by atoms with van der Waals surface area (Å²) < 4.78 is 11.7. The number of pyridine rings is 2. The van der Waals surface area contributed by atoms with E-state index in [0.717, 1.165) is 30.8 Å². The van der Waals surface area contributed by atoms with E-state index in [4.69, 9.17) is 9.47 Å². The Morgan fingerprint density at radius 2 is 2.19 bits per heavy atom. The van der Waals surface area contributed by atoms with E-state index in [1.807, 2.05) is 42.2 Å². The molecule has 0 saturated carbocycles. The fraction of sp³-hybridized carbons (Fsp3) is 0.476. The lowest BCUT2D eigenvalue weighted by Gasteiger charge is -2.19. The van der Waals surface area contributed by atoms with Gasteiger partial charge < -0.3 is 14.4 Å². The molecule has 3 atom stereocenters. The SMILES string of the molecule is Cc1ccnc(C(=O)N2C[C@H]3[C@@H](CCOCc4ccccn4)CO[C@H]3C2)c1. The standard InChI is InChI=1S/C21H25N3O3/c1-15-5-8-23-19(10-15)21(25)24-11-18-16(13-27-20(18)12-24)6-9-26-14-17-4-2-3-7-22-17/h2-5,7-8,10,16,18,20H,6,9,11-14H2,1H3/t16-,18-,20-/m0/s1. The highest BCUT2D eigenvalue weighted by Crippen LogP contribution is 2.36. The Labute approximate surface area is 159 Å². The Morgan fingerprint density at radius 3 is 3.00 bits per heavy atom. The molecule has 0 bridgehead atoms. The summed E-state index contributed by atoms with van der Waals surface area (Å²) in [5.74, 6) is 0.820. The monoisotopic (exact) mass is 367 g/mol. The van der Waals surface area contributed by atoms with Crippen LogP contribution in [0, 0.1) is 18.8 Å². The molecule has 6 heteroatoms. The second-order valence-corrected chi connectivity index (χ2v) is 7.39. The maximum atomic E-state index is 12.7. The molecule has 142 valence electrons. The summed E-state index contributed by atoms with van der Waals surface area (Å²) in [5, 5.41) is 0. The van der Waals surface area contributed by atoms with Gasteiger partial charge in [-0.2, -0.15) is 0 Å². The molecule has 2 aliphatic heterocycles. The molecule has 0 radical (unpaired) electrons. The Balaban J connectivity index is 1.27. The fourth-order valence-electron chi connectivity index (χ4n) is 3.97. The minimum Gasteiger partial charge on any atom is -0.376 e. The van der Waals surface area contributed by atoms with E-state index in [9.17, 15) is 4.79 Å². The third-order valence-electron chi connectivity index (χ3n) is 5.47. The summed E-state index contributed by atoms with van der Waals surface area (Å²) in [4.78, 5) is 23.1. The number of likely N-dealkylation sites (tertiary alicyclic amines) is 1. The largest absolute Gasteiger partial charge is 0.376 e. The predicted octanol–water partition coefficient (Wildman–Crippen LogP) is 2.48. The Kier molecular flexibility index (Phi) is 5.45. The zero-order valence-corrected chi connectivity index (χ0v) is 15.6. The van der Waals surface area contributed by atoms with E-state index in [1.165, 1.54) is 0 Å². The van der Waals surface area contributed by atoms with Crippen molar-refractivity contribution in [2.24, 2.45) is 11.8 Å². The number of rotatable bonds is 6. The zero-order valence-electron chi connectivity index (χ0n) is 15.6. The van der Waals surface area contributed by atoms with Crippen molar-refractivity contribution < 1.29 is 14.3 Å². The predicted molar refractivity (Wildman–Crippen MR) is 100 cm³/mol. The van der Waals surface area contributed by atoms with Crippen molar-refractivity contribution in [3.63, 3.8) is 0 Å². The normalized spacial score (nSPS) is 24.2. The second kappa shape index (κ2) is 8.15. The van der Waals surface area contributed by atoms with Crippen LogP contribution in [0.5, 0.6) is 0 Å². The molecule has 1 amide bonds. The molecular formula is C21H25N3O3.